The van der Waals surface area contributed by atoms with Crippen LogP contribution in [0.1, 0.15) is 56.6 Å². The van der Waals surface area contributed by atoms with Crippen LogP contribution in [0.25, 0.3) is 16.7 Å². The van der Waals surface area contributed by atoms with Crippen LogP contribution in [0.2, 0.25) is 5.02 Å². The molecule has 0 atom stereocenters. The first-order chi connectivity index (χ1) is 15.7. The summed E-state index contributed by atoms with van der Waals surface area (Å²) in [5.41, 5.74) is 2.48. The second kappa shape index (κ2) is 9.03. The number of aliphatic hydroxyl groups is 1. The Kier molecular flexibility index (Phi) is 6.47. The lowest BCUT2D eigenvalue weighted by Gasteiger charge is -2.31. The van der Waals surface area contributed by atoms with Gasteiger partial charge in [-0.05, 0) is 80.0 Å². The zero-order chi connectivity index (χ0) is 23.8. The van der Waals surface area contributed by atoms with E-state index >= 15 is 0 Å². The van der Waals surface area contributed by atoms with Crippen molar-refractivity contribution in [3.8, 4) is 11.1 Å². The molecule has 2 aromatic rings. The van der Waals surface area contributed by atoms with Gasteiger partial charge in [-0.25, -0.2) is 13.2 Å². The summed E-state index contributed by atoms with van der Waals surface area (Å²) < 4.78 is 32.6. The van der Waals surface area contributed by atoms with Crippen LogP contribution in [0, 0.1) is 6.92 Å². The molecule has 2 aliphatic rings. The fourth-order valence-electron chi connectivity index (χ4n) is 4.72. The Bertz CT molecular complexity index is 1230. The number of ether oxygens (including phenoxy) is 1. The van der Waals surface area contributed by atoms with Crippen molar-refractivity contribution in [2.75, 3.05) is 10.5 Å². The fraction of sp³-hybridized carbons (Fsp3) is 0.400. The van der Waals surface area contributed by atoms with Crippen molar-refractivity contribution < 1.29 is 23.1 Å². The van der Waals surface area contributed by atoms with Gasteiger partial charge in [0.15, 0.2) is 11.4 Å². The summed E-state index contributed by atoms with van der Waals surface area (Å²) in [6, 6.07) is 10.5. The molecular weight excluding hydrogens is 462 g/mol. The molecule has 0 radical (unpaired) electrons. The number of carbonyl (C=O) groups excluding carboxylic acids is 1. The third-order valence-corrected chi connectivity index (χ3v) is 8.13. The summed E-state index contributed by atoms with van der Waals surface area (Å²) in [7, 11) is -3.41. The van der Waals surface area contributed by atoms with E-state index in [-0.39, 0.29) is 17.1 Å². The Morgan fingerprint density at radius 3 is 2.55 bits per heavy atom. The summed E-state index contributed by atoms with van der Waals surface area (Å²) >= 11 is 6.63. The molecule has 0 unspecified atom stereocenters. The molecule has 0 aromatic heterocycles. The van der Waals surface area contributed by atoms with Crippen LogP contribution in [0.15, 0.2) is 42.2 Å². The predicted molar refractivity (Wildman–Crippen MR) is 131 cm³/mol. The number of carbonyl (C=O) groups is 1. The highest BCUT2D eigenvalue weighted by Crippen LogP contribution is 2.46. The van der Waals surface area contributed by atoms with Crippen LogP contribution in [-0.2, 0) is 19.6 Å². The molecule has 1 heterocycles. The van der Waals surface area contributed by atoms with E-state index < -0.39 is 21.6 Å². The van der Waals surface area contributed by atoms with Crippen molar-refractivity contribution >= 4 is 38.9 Å². The molecule has 1 aliphatic heterocycles. The number of aryl methyl sites for hydroxylation is 1. The van der Waals surface area contributed by atoms with E-state index in [2.05, 4.69) is 4.72 Å². The Labute approximate surface area is 199 Å². The number of anilines is 1. The molecular formula is C25H28ClNO5S. The number of halogens is 1. The maximum absolute atomic E-state index is 12.8. The number of hydrogen-bond donors (Lipinski definition) is 2. The summed E-state index contributed by atoms with van der Waals surface area (Å²) in [4.78, 5) is 12.8. The highest BCUT2D eigenvalue weighted by molar-refractivity contribution is 7.92. The van der Waals surface area contributed by atoms with Gasteiger partial charge in [-0.15, -0.1) is 0 Å². The minimum absolute atomic E-state index is 0.00597. The van der Waals surface area contributed by atoms with Gasteiger partial charge in [-0.3, -0.25) is 4.72 Å². The number of esters is 1. The molecule has 0 amide bonds. The minimum Gasteiger partial charge on any atom is -0.507 e. The van der Waals surface area contributed by atoms with Crippen LogP contribution in [-0.4, -0.2) is 30.8 Å². The van der Waals surface area contributed by atoms with Crippen LogP contribution in [0.4, 0.5) is 5.69 Å². The van der Waals surface area contributed by atoms with Crippen LogP contribution < -0.4 is 4.72 Å². The first kappa shape index (κ1) is 23.6. The third kappa shape index (κ3) is 4.62. The van der Waals surface area contributed by atoms with E-state index in [1.165, 1.54) is 0 Å². The van der Waals surface area contributed by atoms with Crippen LogP contribution >= 0.6 is 11.6 Å². The first-order valence-corrected chi connectivity index (χ1v) is 13.3. The molecule has 4 rings (SSSR count). The van der Waals surface area contributed by atoms with Gasteiger partial charge in [0, 0.05) is 16.3 Å². The first-order valence-electron chi connectivity index (χ1n) is 11.2. The van der Waals surface area contributed by atoms with Gasteiger partial charge >= 0.3 is 5.97 Å². The second-order valence-electron chi connectivity index (χ2n) is 8.82. The number of rotatable bonds is 6. The van der Waals surface area contributed by atoms with Crippen molar-refractivity contribution in [1.29, 1.82) is 0 Å². The minimum atomic E-state index is -3.41. The highest BCUT2D eigenvalue weighted by atomic mass is 35.5. The quantitative estimate of drug-likeness (QED) is 0.486. The summed E-state index contributed by atoms with van der Waals surface area (Å²) in [6.07, 6.45) is 4.64. The third-order valence-electron chi connectivity index (χ3n) is 6.32. The average Bonchev–Trinajstić information content (AvgIpc) is 2.98. The van der Waals surface area contributed by atoms with Crippen molar-refractivity contribution in [2.45, 2.75) is 58.0 Å². The second-order valence-corrected chi connectivity index (χ2v) is 11.1. The molecule has 1 aliphatic carbocycles. The van der Waals surface area contributed by atoms with E-state index in [4.69, 9.17) is 16.3 Å². The molecule has 176 valence electrons. The Hall–Kier alpha value is -2.51. The SMILES string of the molecule is CCCS(=O)(=O)Nc1cccc(-c2cc(C)c(C3=C(O)C4(CCCCC4)OC3=O)cc2Cl)c1. The van der Waals surface area contributed by atoms with Gasteiger partial charge in [0.05, 0.1) is 5.75 Å². The predicted octanol–water partition coefficient (Wildman–Crippen LogP) is 6.00. The maximum atomic E-state index is 12.8. The van der Waals surface area contributed by atoms with E-state index in [9.17, 15) is 18.3 Å². The molecule has 1 saturated carbocycles. The van der Waals surface area contributed by atoms with Crippen molar-refractivity contribution in [2.24, 2.45) is 0 Å². The average molecular weight is 490 g/mol. The summed E-state index contributed by atoms with van der Waals surface area (Å²) in [6.45, 7) is 3.66. The number of aliphatic hydroxyl groups excluding tert-OH is 1. The number of benzene rings is 2. The van der Waals surface area contributed by atoms with E-state index in [0.717, 1.165) is 30.4 Å². The van der Waals surface area contributed by atoms with Crippen LogP contribution in [0.3, 0.4) is 0 Å². The number of nitrogens with one attached hydrogen (secondary N) is 1. The smallest absolute Gasteiger partial charge is 0.343 e. The molecule has 2 N–H and O–H groups in total. The number of hydrogen-bond acceptors (Lipinski definition) is 5. The largest absolute Gasteiger partial charge is 0.507 e. The van der Waals surface area contributed by atoms with E-state index in [1.807, 2.05) is 26.0 Å². The Morgan fingerprint density at radius 2 is 1.85 bits per heavy atom. The Morgan fingerprint density at radius 1 is 1.12 bits per heavy atom. The molecule has 2 aromatic carbocycles. The standard InChI is InChI=1S/C25H28ClNO5S/c1-3-12-33(30,31)27-18-9-7-8-17(14-18)20-13-16(2)19(15-21(20)26)22-23(28)25(32-24(22)29)10-5-4-6-11-25/h7-9,13-15,27-28H,3-6,10-12H2,1-2H3. The highest BCUT2D eigenvalue weighted by Gasteiger charge is 2.49. The lowest BCUT2D eigenvalue weighted by atomic mass is 9.82. The molecule has 1 spiro atoms. The monoisotopic (exact) mass is 489 g/mol. The van der Waals surface area contributed by atoms with Crippen molar-refractivity contribution in [3.63, 3.8) is 0 Å². The van der Waals surface area contributed by atoms with Crippen LogP contribution in [0.5, 0.6) is 0 Å². The fourth-order valence-corrected chi connectivity index (χ4v) is 6.12. The van der Waals surface area contributed by atoms with Gasteiger partial charge in [0.1, 0.15) is 5.57 Å². The lowest BCUT2D eigenvalue weighted by molar-refractivity contribution is -0.149. The zero-order valence-corrected chi connectivity index (χ0v) is 20.4. The van der Waals surface area contributed by atoms with Gasteiger partial charge in [0.25, 0.3) is 0 Å². The topological polar surface area (TPSA) is 92.7 Å². The molecule has 8 heteroatoms. The van der Waals surface area contributed by atoms with Gasteiger partial charge < -0.3 is 9.84 Å². The summed E-state index contributed by atoms with van der Waals surface area (Å²) in [5, 5.41) is 11.4. The van der Waals surface area contributed by atoms with E-state index in [1.54, 1.807) is 24.3 Å². The summed E-state index contributed by atoms with van der Waals surface area (Å²) in [5.74, 6) is -0.470. The normalized spacial score (nSPS) is 18.0. The lowest BCUT2D eigenvalue weighted by Crippen LogP contribution is -2.34. The maximum Gasteiger partial charge on any atom is 0.343 e. The Balaban J connectivity index is 1.71. The molecule has 6 nitrogen and oxygen atoms in total. The molecule has 0 bridgehead atoms. The van der Waals surface area contributed by atoms with Gasteiger partial charge in [-0.2, -0.15) is 0 Å². The van der Waals surface area contributed by atoms with Gasteiger partial charge in [-0.1, -0.05) is 37.1 Å². The zero-order valence-electron chi connectivity index (χ0n) is 18.8. The molecule has 33 heavy (non-hydrogen) atoms. The van der Waals surface area contributed by atoms with Crippen molar-refractivity contribution in [1.82, 2.24) is 0 Å². The number of sulfonamides is 1. The molecule has 1 fully saturated rings. The van der Waals surface area contributed by atoms with Crippen molar-refractivity contribution in [3.05, 3.63) is 58.3 Å². The van der Waals surface area contributed by atoms with Gasteiger partial charge in [0.2, 0.25) is 10.0 Å². The molecule has 0 saturated heterocycles. The van der Waals surface area contributed by atoms with E-state index in [0.29, 0.717) is 41.1 Å².